The molecule has 0 aromatic heterocycles. The predicted molar refractivity (Wildman–Crippen MR) is 98.9 cm³/mol. The molecule has 2 rings (SSSR count). The molecule has 1 aliphatic rings. The first-order chi connectivity index (χ1) is 11.9. The van der Waals surface area contributed by atoms with Gasteiger partial charge in [-0.2, -0.15) is 0 Å². The van der Waals surface area contributed by atoms with Gasteiger partial charge in [-0.15, -0.1) is 0 Å². The number of amides is 2. The fourth-order valence-electron chi connectivity index (χ4n) is 3.32. The van der Waals surface area contributed by atoms with E-state index in [9.17, 15) is 9.59 Å². The molecule has 0 unspecified atom stereocenters. The van der Waals surface area contributed by atoms with Crippen LogP contribution in [0.5, 0.6) is 0 Å². The molecule has 6 nitrogen and oxygen atoms in total. The van der Waals surface area contributed by atoms with E-state index in [0.717, 1.165) is 55.2 Å². The zero-order valence-corrected chi connectivity index (χ0v) is 15.7. The molecule has 138 valence electrons. The molecule has 1 N–H and O–H groups in total. The molecule has 1 saturated heterocycles. The molecule has 0 atom stereocenters. The lowest BCUT2D eigenvalue weighted by molar-refractivity contribution is -0.123. The maximum absolute atomic E-state index is 12.3. The van der Waals surface area contributed by atoms with Gasteiger partial charge >= 0.3 is 0 Å². The molecule has 2 amide bonds. The van der Waals surface area contributed by atoms with Crippen LogP contribution in [0.3, 0.4) is 0 Å². The van der Waals surface area contributed by atoms with Crippen molar-refractivity contribution in [2.45, 2.75) is 27.7 Å². The van der Waals surface area contributed by atoms with Crippen LogP contribution in [0.15, 0.2) is 12.1 Å². The molecule has 0 spiro atoms. The summed E-state index contributed by atoms with van der Waals surface area (Å²) < 4.78 is 5.31. The van der Waals surface area contributed by atoms with Gasteiger partial charge in [0, 0.05) is 33.1 Å². The number of aryl methyl sites for hydroxylation is 3. The number of morpholine rings is 1. The number of carbonyl (C=O) groups is 2. The Kier molecular flexibility index (Phi) is 6.96. The number of nitrogens with zero attached hydrogens (tertiary/aromatic N) is 2. The van der Waals surface area contributed by atoms with Crippen molar-refractivity contribution in [1.29, 1.82) is 0 Å². The minimum absolute atomic E-state index is 0.0448. The Balaban J connectivity index is 1.95. The van der Waals surface area contributed by atoms with Crippen molar-refractivity contribution >= 4 is 17.5 Å². The zero-order valence-electron chi connectivity index (χ0n) is 15.7. The molecule has 0 aliphatic carbocycles. The van der Waals surface area contributed by atoms with E-state index in [0.29, 0.717) is 6.54 Å². The second kappa shape index (κ2) is 8.97. The third kappa shape index (κ3) is 5.54. The number of benzene rings is 1. The summed E-state index contributed by atoms with van der Waals surface area (Å²) in [4.78, 5) is 28.3. The minimum atomic E-state index is -0.136. The van der Waals surface area contributed by atoms with Gasteiger partial charge in [-0.3, -0.25) is 14.5 Å². The number of anilines is 1. The lowest BCUT2D eigenvalue weighted by atomic mass is 10.0. The fourth-order valence-corrected chi connectivity index (χ4v) is 3.32. The van der Waals surface area contributed by atoms with Gasteiger partial charge in [0.25, 0.3) is 0 Å². The van der Waals surface area contributed by atoms with Crippen LogP contribution in [-0.4, -0.2) is 62.7 Å². The van der Waals surface area contributed by atoms with Crippen LogP contribution in [0.1, 0.15) is 23.6 Å². The van der Waals surface area contributed by atoms with E-state index < -0.39 is 0 Å². The van der Waals surface area contributed by atoms with Gasteiger partial charge in [-0.25, -0.2) is 0 Å². The van der Waals surface area contributed by atoms with Crippen molar-refractivity contribution in [3.8, 4) is 0 Å². The molecule has 6 heteroatoms. The summed E-state index contributed by atoms with van der Waals surface area (Å²) in [5.74, 6) is -0.263. The highest BCUT2D eigenvalue weighted by atomic mass is 16.5. The Bertz CT molecular complexity index is 601. The van der Waals surface area contributed by atoms with E-state index in [1.807, 2.05) is 32.9 Å². The Morgan fingerprint density at radius 1 is 1.16 bits per heavy atom. The fraction of sp³-hybridized carbons (Fsp3) is 0.579. The molecule has 0 radical (unpaired) electrons. The normalized spacial score (nSPS) is 15.0. The van der Waals surface area contributed by atoms with Crippen molar-refractivity contribution in [3.63, 3.8) is 0 Å². The highest BCUT2D eigenvalue weighted by Gasteiger charge is 2.20. The largest absolute Gasteiger partial charge is 0.379 e. The molecule has 1 aliphatic heterocycles. The molecular weight excluding hydrogens is 318 g/mol. The standard InChI is InChI=1S/C19H29N3O3/c1-14-11-15(2)19(16(3)12-14)22(17(4)23)13-18(24)20-5-6-21-7-9-25-10-8-21/h11-12H,5-10,13H2,1-4H3,(H,20,24). The Morgan fingerprint density at radius 2 is 1.76 bits per heavy atom. The summed E-state index contributed by atoms with van der Waals surface area (Å²) in [5.41, 5.74) is 4.00. The number of nitrogens with one attached hydrogen (secondary N) is 1. The second-order valence-corrected chi connectivity index (χ2v) is 6.66. The highest BCUT2D eigenvalue weighted by Crippen LogP contribution is 2.26. The van der Waals surface area contributed by atoms with E-state index >= 15 is 0 Å². The van der Waals surface area contributed by atoms with Crippen LogP contribution >= 0.6 is 0 Å². The second-order valence-electron chi connectivity index (χ2n) is 6.66. The first-order valence-corrected chi connectivity index (χ1v) is 8.81. The molecular formula is C19H29N3O3. The lowest BCUT2D eigenvalue weighted by Gasteiger charge is -2.27. The first kappa shape index (κ1) is 19.4. The molecule has 1 heterocycles. The average molecular weight is 347 g/mol. The summed E-state index contributed by atoms with van der Waals surface area (Å²) in [6.45, 7) is 12.2. The van der Waals surface area contributed by atoms with Crippen LogP contribution < -0.4 is 10.2 Å². The van der Waals surface area contributed by atoms with E-state index in [-0.39, 0.29) is 18.4 Å². The van der Waals surface area contributed by atoms with Crippen LogP contribution in [0.2, 0.25) is 0 Å². The topological polar surface area (TPSA) is 61.9 Å². The van der Waals surface area contributed by atoms with E-state index in [2.05, 4.69) is 10.2 Å². The van der Waals surface area contributed by atoms with Gasteiger partial charge in [-0.1, -0.05) is 17.7 Å². The van der Waals surface area contributed by atoms with Gasteiger partial charge in [-0.05, 0) is 31.9 Å². The Labute approximate surface area is 150 Å². The number of ether oxygens (including phenoxy) is 1. The van der Waals surface area contributed by atoms with Crippen molar-refractivity contribution in [1.82, 2.24) is 10.2 Å². The molecule has 1 aromatic carbocycles. The summed E-state index contributed by atoms with van der Waals surface area (Å²) in [5, 5.41) is 2.92. The van der Waals surface area contributed by atoms with Gasteiger partial charge in [0.05, 0.1) is 18.9 Å². The predicted octanol–water partition coefficient (Wildman–Crippen LogP) is 1.41. The summed E-state index contributed by atoms with van der Waals surface area (Å²) in [7, 11) is 0. The molecule has 1 fully saturated rings. The number of rotatable bonds is 6. The third-order valence-electron chi connectivity index (χ3n) is 4.44. The van der Waals surface area contributed by atoms with Crippen LogP contribution in [0.25, 0.3) is 0 Å². The molecule has 25 heavy (non-hydrogen) atoms. The van der Waals surface area contributed by atoms with Crippen molar-refractivity contribution in [2.75, 3.05) is 50.8 Å². The smallest absolute Gasteiger partial charge is 0.240 e. The average Bonchev–Trinajstić information content (AvgIpc) is 2.54. The number of hydrogen-bond acceptors (Lipinski definition) is 4. The van der Waals surface area contributed by atoms with Crippen LogP contribution in [-0.2, 0) is 14.3 Å². The van der Waals surface area contributed by atoms with Gasteiger partial charge in [0.1, 0.15) is 6.54 Å². The third-order valence-corrected chi connectivity index (χ3v) is 4.44. The van der Waals surface area contributed by atoms with Crippen LogP contribution in [0.4, 0.5) is 5.69 Å². The van der Waals surface area contributed by atoms with E-state index in [4.69, 9.17) is 4.74 Å². The number of carbonyl (C=O) groups excluding carboxylic acids is 2. The van der Waals surface area contributed by atoms with Gasteiger partial charge < -0.3 is 15.0 Å². The lowest BCUT2D eigenvalue weighted by Crippen LogP contribution is -2.44. The quantitative estimate of drug-likeness (QED) is 0.845. The van der Waals surface area contributed by atoms with Crippen LogP contribution in [0, 0.1) is 20.8 Å². The highest BCUT2D eigenvalue weighted by molar-refractivity contribution is 5.98. The van der Waals surface area contributed by atoms with Crippen molar-refractivity contribution < 1.29 is 14.3 Å². The summed E-state index contributed by atoms with van der Waals surface area (Å²) in [6.07, 6.45) is 0. The van der Waals surface area contributed by atoms with Gasteiger partial charge in [0.15, 0.2) is 0 Å². The Morgan fingerprint density at radius 3 is 2.32 bits per heavy atom. The summed E-state index contributed by atoms with van der Waals surface area (Å²) in [6, 6.07) is 4.07. The SMILES string of the molecule is CC(=O)N(CC(=O)NCCN1CCOCC1)c1c(C)cc(C)cc1C. The molecule has 0 bridgehead atoms. The first-order valence-electron chi connectivity index (χ1n) is 8.81. The minimum Gasteiger partial charge on any atom is -0.379 e. The van der Waals surface area contributed by atoms with E-state index in [1.54, 1.807) is 4.90 Å². The maximum Gasteiger partial charge on any atom is 0.240 e. The molecule has 1 aromatic rings. The van der Waals surface area contributed by atoms with Crippen molar-refractivity contribution in [2.24, 2.45) is 0 Å². The molecule has 0 saturated carbocycles. The van der Waals surface area contributed by atoms with Gasteiger partial charge in [0.2, 0.25) is 11.8 Å². The Hall–Kier alpha value is -1.92. The zero-order chi connectivity index (χ0) is 18.4. The van der Waals surface area contributed by atoms with E-state index in [1.165, 1.54) is 6.92 Å². The maximum atomic E-state index is 12.3. The monoisotopic (exact) mass is 347 g/mol. The summed E-state index contributed by atoms with van der Waals surface area (Å²) >= 11 is 0. The number of hydrogen-bond donors (Lipinski definition) is 1. The van der Waals surface area contributed by atoms with Crippen molar-refractivity contribution in [3.05, 3.63) is 28.8 Å².